The van der Waals surface area contributed by atoms with Crippen molar-refractivity contribution in [2.75, 3.05) is 18.1 Å². The number of urea groups is 1. The monoisotopic (exact) mass is 610 g/mol. The summed E-state index contributed by atoms with van der Waals surface area (Å²) in [6.45, 7) is 6.36. The van der Waals surface area contributed by atoms with Gasteiger partial charge in [0.2, 0.25) is 0 Å². The van der Waals surface area contributed by atoms with Crippen molar-refractivity contribution < 1.29 is 28.6 Å². The van der Waals surface area contributed by atoms with Gasteiger partial charge in [-0.05, 0) is 77.0 Å². The van der Waals surface area contributed by atoms with Crippen molar-refractivity contribution in [3.05, 3.63) is 99.5 Å². The predicted octanol–water partition coefficient (Wildman–Crippen LogP) is 6.31. The van der Waals surface area contributed by atoms with Gasteiger partial charge in [0.15, 0.2) is 11.5 Å². The Morgan fingerprint density at radius 2 is 1.77 bits per heavy atom. The molecule has 0 aliphatic carbocycles. The lowest BCUT2D eigenvalue weighted by molar-refractivity contribution is -0.122. The lowest BCUT2D eigenvalue weighted by Gasteiger charge is -2.26. The van der Waals surface area contributed by atoms with Crippen LogP contribution in [-0.2, 0) is 16.2 Å². The number of amides is 4. The molecule has 1 aliphatic rings. The van der Waals surface area contributed by atoms with Crippen molar-refractivity contribution in [1.82, 2.24) is 5.32 Å². The highest BCUT2D eigenvalue weighted by atomic mass is 79.9. The van der Waals surface area contributed by atoms with E-state index in [1.54, 1.807) is 48.5 Å². The summed E-state index contributed by atoms with van der Waals surface area (Å²) in [6, 6.07) is 16.2. The number of rotatable bonds is 10. The molecule has 39 heavy (non-hydrogen) atoms. The van der Waals surface area contributed by atoms with Crippen LogP contribution in [0.25, 0.3) is 6.08 Å². The topological polar surface area (TPSA) is 94.2 Å². The molecule has 4 amide bonds. The molecule has 0 unspecified atom stereocenters. The zero-order valence-electron chi connectivity index (χ0n) is 20.9. The van der Waals surface area contributed by atoms with E-state index in [0.29, 0.717) is 38.9 Å². The smallest absolute Gasteiger partial charge is 0.335 e. The fourth-order valence-electron chi connectivity index (χ4n) is 3.74. The molecular weight excluding hydrogens is 588 g/mol. The van der Waals surface area contributed by atoms with Crippen LogP contribution >= 0.6 is 27.5 Å². The van der Waals surface area contributed by atoms with E-state index in [0.717, 1.165) is 10.5 Å². The van der Waals surface area contributed by atoms with Crippen LogP contribution in [0.1, 0.15) is 18.1 Å². The van der Waals surface area contributed by atoms with Gasteiger partial charge in [0.25, 0.3) is 11.8 Å². The quantitative estimate of drug-likeness (QED) is 0.164. The summed E-state index contributed by atoms with van der Waals surface area (Å²) in [6.07, 6.45) is 3.00. The van der Waals surface area contributed by atoms with Crippen molar-refractivity contribution in [2.45, 2.75) is 13.5 Å². The number of imide groups is 2. The summed E-state index contributed by atoms with van der Waals surface area (Å²) in [5, 5.41) is 2.81. The molecule has 1 heterocycles. The number of hydrogen-bond acceptors (Lipinski definition) is 6. The van der Waals surface area contributed by atoms with Crippen molar-refractivity contribution in [2.24, 2.45) is 0 Å². The molecule has 10 heteroatoms. The second-order valence-electron chi connectivity index (χ2n) is 8.19. The Hall–Kier alpha value is -4.08. The van der Waals surface area contributed by atoms with E-state index < -0.39 is 17.8 Å². The molecule has 0 spiro atoms. The first-order valence-electron chi connectivity index (χ1n) is 11.9. The summed E-state index contributed by atoms with van der Waals surface area (Å²) in [7, 11) is 0. The molecule has 1 saturated heterocycles. The molecule has 0 aromatic heterocycles. The van der Waals surface area contributed by atoms with Crippen LogP contribution in [0.4, 0.5) is 10.5 Å². The molecule has 1 fully saturated rings. The Morgan fingerprint density at radius 1 is 1.03 bits per heavy atom. The van der Waals surface area contributed by atoms with Crippen LogP contribution in [0.2, 0.25) is 5.02 Å². The van der Waals surface area contributed by atoms with Crippen LogP contribution < -0.4 is 24.4 Å². The van der Waals surface area contributed by atoms with Gasteiger partial charge in [0.1, 0.15) is 24.5 Å². The van der Waals surface area contributed by atoms with Crippen LogP contribution in [0.15, 0.2) is 83.4 Å². The number of barbiturate groups is 1. The third-order valence-corrected chi connectivity index (χ3v) is 6.49. The van der Waals surface area contributed by atoms with Crippen LogP contribution in [-0.4, -0.2) is 31.1 Å². The summed E-state index contributed by atoms with van der Waals surface area (Å²) in [5.74, 6) is -0.171. The van der Waals surface area contributed by atoms with E-state index in [-0.39, 0.29) is 24.5 Å². The molecule has 3 aromatic carbocycles. The van der Waals surface area contributed by atoms with Gasteiger partial charge in [0.05, 0.1) is 16.8 Å². The van der Waals surface area contributed by atoms with Gasteiger partial charge in [0, 0.05) is 10.6 Å². The number of benzene rings is 3. The minimum Gasteiger partial charge on any atom is -0.490 e. The first-order valence-corrected chi connectivity index (χ1v) is 13.1. The Labute approximate surface area is 238 Å². The number of ether oxygens (including phenoxy) is 3. The van der Waals surface area contributed by atoms with Gasteiger partial charge in [-0.2, -0.15) is 0 Å². The Bertz CT molecular complexity index is 1450. The van der Waals surface area contributed by atoms with Crippen LogP contribution in [0.5, 0.6) is 17.2 Å². The highest BCUT2D eigenvalue weighted by molar-refractivity contribution is 9.10. The first kappa shape index (κ1) is 27.9. The maximum Gasteiger partial charge on any atom is 0.335 e. The highest BCUT2D eigenvalue weighted by Gasteiger charge is 2.37. The van der Waals surface area contributed by atoms with Gasteiger partial charge in [-0.15, -0.1) is 0 Å². The molecule has 0 saturated carbocycles. The van der Waals surface area contributed by atoms with Crippen LogP contribution in [0, 0.1) is 0 Å². The van der Waals surface area contributed by atoms with Gasteiger partial charge >= 0.3 is 6.03 Å². The minimum absolute atomic E-state index is 0.220. The second-order valence-corrected chi connectivity index (χ2v) is 9.46. The maximum absolute atomic E-state index is 13.3. The van der Waals surface area contributed by atoms with Gasteiger partial charge in [-0.3, -0.25) is 14.9 Å². The largest absolute Gasteiger partial charge is 0.490 e. The molecule has 0 radical (unpaired) electrons. The average Bonchev–Trinajstić information content (AvgIpc) is 2.91. The van der Waals surface area contributed by atoms with E-state index in [9.17, 15) is 14.4 Å². The third kappa shape index (κ3) is 6.50. The average molecular weight is 612 g/mol. The number of nitrogens with one attached hydrogen (secondary N) is 1. The van der Waals surface area contributed by atoms with Crippen molar-refractivity contribution in [3.63, 3.8) is 0 Å². The second kappa shape index (κ2) is 12.6. The molecule has 0 atom stereocenters. The summed E-state index contributed by atoms with van der Waals surface area (Å²) in [4.78, 5) is 39.5. The van der Waals surface area contributed by atoms with Gasteiger partial charge in [-0.1, -0.05) is 42.5 Å². The zero-order valence-corrected chi connectivity index (χ0v) is 23.3. The molecular formula is C29H24BrClN2O6. The van der Waals surface area contributed by atoms with Crippen molar-refractivity contribution >= 4 is 57.1 Å². The van der Waals surface area contributed by atoms with Crippen LogP contribution in [0.3, 0.4) is 0 Å². The van der Waals surface area contributed by atoms with E-state index in [2.05, 4.69) is 27.8 Å². The fraction of sp³-hybridized carbons (Fsp3) is 0.138. The fourth-order valence-corrected chi connectivity index (χ4v) is 4.51. The number of carbonyl (C=O) groups is 3. The standard InChI is InChI=1S/C29H24BrClN2O6/c1-3-13-38-26-23(30)15-18(16-25(26)37-4-2)14-22-27(34)32-29(36)33(28(22)35)20-9-11-21(12-10-20)39-17-19-7-5-6-8-24(19)31/h3,5-12,14-16H,1,4,13,17H2,2H3,(H,32,34,36)/b22-14+. The molecule has 1 aliphatic heterocycles. The maximum atomic E-state index is 13.3. The van der Waals surface area contributed by atoms with Crippen molar-refractivity contribution in [1.29, 1.82) is 0 Å². The minimum atomic E-state index is -0.851. The van der Waals surface area contributed by atoms with Gasteiger partial charge in [-0.25, -0.2) is 9.69 Å². The molecule has 8 nitrogen and oxygen atoms in total. The molecule has 1 N–H and O–H groups in total. The van der Waals surface area contributed by atoms with E-state index >= 15 is 0 Å². The third-order valence-electron chi connectivity index (χ3n) is 5.54. The number of hydrogen-bond donors (Lipinski definition) is 1. The van der Waals surface area contributed by atoms with E-state index in [1.807, 2.05) is 25.1 Å². The van der Waals surface area contributed by atoms with Crippen molar-refractivity contribution in [3.8, 4) is 17.2 Å². The first-order chi connectivity index (χ1) is 18.8. The Kier molecular flexibility index (Phi) is 9.06. The summed E-state index contributed by atoms with van der Waals surface area (Å²) >= 11 is 9.62. The molecule has 4 rings (SSSR count). The number of carbonyl (C=O) groups excluding carboxylic acids is 3. The SMILES string of the molecule is C=CCOc1c(Br)cc(/C=C2\C(=O)NC(=O)N(c3ccc(OCc4ccccc4Cl)cc3)C2=O)cc1OCC. The van der Waals surface area contributed by atoms with Gasteiger partial charge < -0.3 is 14.2 Å². The number of anilines is 1. The molecule has 200 valence electrons. The lowest BCUT2D eigenvalue weighted by Crippen LogP contribution is -2.54. The summed E-state index contributed by atoms with van der Waals surface area (Å²) in [5.41, 5.74) is 1.36. The normalized spacial score (nSPS) is 14.3. The Morgan fingerprint density at radius 3 is 2.46 bits per heavy atom. The lowest BCUT2D eigenvalue weighted by atomic mass is 10.1. The number of halogens is 2. The zero-order chi connectivity index (χ0) is 27.9. The van der Waals surface area contributed by atoms with E-state index in [1.165, 1.54) is 6.08 Å². The Balaban J connectivity index is 1.57. The molecule has 0 bridgehead atoms. The van der Waals surface area contributed by atoms with E-state index in [4.69, 9.17) is 25.8 Å². The highest BCUT2D eigenvalue weighted by Crippen LogP contribution is 2.38. The summed E-state index contributed by atoms with van der Waals surface area (Å²) < 4.78 is 17.7. The predicted molar refractivity (Wildman–Crippen MR) is 152 cm³/mol. The number of nitrogens with zero attached hydrogens (tertiary/aromatic N) is 1. The molecule has 3 aromatic rings.